The first-order valence-corrected chi connectivity index (χ1v) is 10.9. The average molecular weight is 420 g/mol. The fraction of sp³-hybridized carbons (Fsp3) is 0.333. The van der Waals surface area contributed by atoms with Crippen molar-refractivity contribution >= 4 is 23.0 Å². The molecule has 0 radical (unpaired) electrons. The molecule has 0 unspecified atom stereocenters. The molecule has 5 nitrogen and oxygen atoms in total. The lowest BCUT2D eigenvalue weighted by atomic mass is 10.1. The van der Waals surface area contributed by atoms with Crippen LogP contribution in [0.25, 0.3) is 5.69 Å². The van der Waals surface area contributed by atoms with Gasteiger partial charge in [-0.05, 0) is 62.8 Å². The lowest BCUT2D eigenvalue weighted by Gasteiger charge is -2.36. The van der Waals surface area contributed by atoms with Crippen molar-refractivity contribution in [2.45, 2.75) is 27.3 Å². The predicted molar refractivity (Wildman–Crippen MR) is 127 cm³/mol. The summed E-state index contributed by atoms with van der Waals surface area (Å²) >= 11 is 5.65. The zero-order valence-corrected chi connectivity index (χ0v) is 18.7. The summed E-state index contributed by atoms with van der Waals surface area (Å²) in [5, 5.41) is 8.98. The van der Waals surface area contributed by atoms with Crippen LogP contribution >= 0.6 is 12.2 Å². The van der Waals surface area contributed by atoms with Gasteiger partial charge in [0.1, 0.15) is 0 Å². The van der Waals surface area contributed by atoms with E-state index in [0.717, 1.165) is 54.9 Å². The van der Waals surface area contributed by atoms with Gasteiger partial charge in [0.15, 0.2) is 5.11 Å². The number of hydrogen-bond donors (Lipinski definition) is 1. The van der Waals surface area contributed by atoms with E-state index < -0.39 is 0 Å². The quantitative estimate of drug-likeness (QED) is 0.638. The highest BCUT2D eigenvalue weighted by molar-refractivity contribution is 7.80. The SMILES string of the molecule is Cc1cccc(NC(=S)N2CCN(Cc3c(C)nn(-c4ccccc4)c3C)CC2)c1. The number of nitrogens with zero attached hydrogens (tertiary/aromatic N) is 4. The van der Waals surface area contributed by atoms with E-state index >= 15 is 0 Å². The highest BCUT2D eigenvalue weighted by atomic mass is 32.1. The van der Waals surface area contributed by atoms with E-state index in [1.807, 2.05) is 6.07 Å². The van der Waals surface area contributed by atoms with Gasteiger partial charge in [-0.3, -0.25) is 4.90 Å². The van der Waals surface area contributed by atoms with Gasteiger partial charge in [-0.25, -0.2) is 4.68 Å². The van der Waals surface area contributed by atoms with Crippen molar-refractivity contribution in [3.8, 4) is 5.69 Å². The van der Waals surface area contributed by atoms with Crippen LogP contribution in [-0.4, -0.2) is 50.9 Å². The van der Waals surface area contributed by atoms with Crippen LogP contribution in [0.5, 0.6) is 0 Å². The highest BCUT2D eigenvalue weighted by Gasteiger charge is 2.22. The van der Waals surface area contributed by atoms with Gasteiger partial charge in [0.05, 0.1) is 11.4 Å². The molecular weight excluding hydrogens is 390 g/mol. The monoisotopic (exact) mass is 419 g/mol. The molecular formula is C24H29N5S. The number of aromatic nitrogens is 2. The summed E-state index contributed by atoms with van der Waals surface area (Å²) in [7, 11) is 0. The van der Waals surface area contributed by atoms with E-state index in [4.69, 9.17) is 17.3 Å². The van der Waals surface area contributed by atoms with Gasteiger partial charge in [-0.1, -0.05) is 30.3 Å². The minimum Gasteiger partial charge on any atom is -0.346 e. The maximum absolute atomic E-state index is 5.65. The number of hydrogen-bond acceptors (Lipinski definition) is 3. The lowest BCUT2D eigenvalue weighted by Crippen LogP contribution is -2.49. The van der Waals surface area contributed by atoms with Crippen LogP contribution in [-0.2, 0) is 6.54 Å². The normalized spacial score (nSPS) is 14.7. The molecule has 0 amide bonds. The van der Waals surface area contributed by atoms with Crippen LogP contribution in [0, 0.1) is 20.8 Å². The maximum atomic E-state index is 5.65. The van der Waals surface area contributed by atoms with Crippen molar-refractivity contribution in [1.82, 2.24) is 19.6 Å². The van der Waals surface area contributed by atoms with E-state index in [1.54, 1.807) is 0 Å². The summed E-state index contributed by atoms with van der Waals surface area (Å²) in [6.45, 7) is 11.1. The second kappa shape index (κ2) is 8.98. The number of nitrogens with one attached hydrogen (secondary N) is 1. The van der Waals surface area contributed by atoms with Crippen LogP contribution in [0.3, 0.4) is 0 Å². The van der Waals surface area contributed by atoms with E-state index in [-0.39, 0.29) is 0 Å². The Kier molecular flexibility index (Phi) is 6.16. The van der Waals surface area contributed by atoms with Crippen LogP contribution in [0.2, 0.25) is 0 Å². The van der Waals surface area contributed by atoms with Crippen molar-refractivity contribution in [2.75, 3.05) is 31.5 Å². The summed E-state index contributed by atoms with van der Waals surface area (Å²) < 4.78 is 2.06. The molecule has 0 saturated carbocycles. The second-order valence-corrected chi connectivity index (χ2v) is 8.35. The summed E-state index contributed by atoms with van der Waals surface area (Å²) in [6.07, 6.45) is 0. The Hall–Kier alpha value is -2.70. The Balaban J connectivity index is 1.36. The minimum absolute atomic E-state index is 0.810. The molecule has 0 atom stereocenters. The topological polar surface area (TPSA) is 36.3 Å². The Morgan fingerprint density at radius 3 is 2.40 bits per heavy atom. The molecule has 1 N–H and O–H groups in total. The van der Waals surface area contributed by atoms with Gasteiger partial charge in [0, 0.05) is 49.7 Å². The number of aryl methyl sites for hydroxylation is 2. The number of thiocarbonyl (C=S) groups is 1. The zero-order valence-electron chi connectivity index (χ0n) is 17.9. The van der Waals surface area contributed by atoms with Gasteiger partial charge in [-0.15, -0.1) is 0 Å². The van der Waals surface area contributed by atoms with Gasteiger partial charge >= 0.3 is 0 Å². The lowest BCUT2D eigenvalue weighted by molar-refractivity contribution is 0.176. The number of piperazine rings is 1. The highest BCUT2D eigenvalue weighted by Crippen LogP contribution is 2.20. The first-order valence-electron chi connectivity index (χ1n) is 10.5. The van der Waals surface area contributed by atoms with Crippen LogP contribution in [0.15, 0.2) is 54.6 Å². The standard InChI is InChI=1S/C24H29N5S/c1-18-8-7-9-21(16-18)25-24(30)28-14-12-27(13-15-28)17-23-19(2)26-29(20(23)3)22-10-5-4-6-11-22/h4-11,16H,12-15,17H2,1-3H3,(H,25,30). The van der Waals surface area contributed by atoms with Crippen molar-refractivity contribution in [3.63, 3.8) is 0 Å². The summed E-state index contributed by atoms with van der Waals surface area (Å²) in [5.74, 6) is 0. The molecule has 2 aromatic carbocycles. The molecule has 0 spiro atoms. The van der Waals surface area contributed by atoms with Crippen molar-refractivity contribution in [1.29, 1.82) is 0 Å². The van der Waals surface area contributed by atoms with Gasteiger partial charge < -0.3 is 10.2 Å². The molecule has 1 fully saturated rings. The molecule has 4 rings (SSSR count). The number of rotatable bonds is 4. The Morgan fingerprint density at radius 1 is 0.967 bits per heavy atom. The van der Waals surface area contributed by atoms with Crippen molar-refractivity contribution < 1.29 is 0 Å². The maximum Gasteiger partial charge on any atom is 0.173 e. The summed E-state index contributed by atoms with van der Waals surface area (Å²) in [5.41, 5.74) is 7.05. The third kappa shape index (κ3) is 4.55. The molecule has 0 aliphatic carbocycles. The van der Waals surface area contributed by atoms with Gasteiger partial charge in [-0.2, -0.15) is 5.10 Å². The molecule has 30 heavy (non-hydrogen) atoms. The van der Waals surface area contributed by atoms with E-state index in [9.17, 15) is 0 Å². The molecule has 156 valence electrons. The molecule has 3 aromatic rings. The van der Waals surface area contributed by atoms with E-state index in [1.165, 1.54) is 16.8 Å². The first-order chi connectivity index (χ1) is 14.5. The third-order valence-corrected chi connectivity index (χ3v) is 6.11. The molecule has 1 aliphatic heterocycles. The van der Waals surface area contributed by atoms with Gasteiger partial charge in [0.2, 0.25) is 0 Å². The average Bonchev–Trinajstić information content (AvgIpc) is 3.03. The molecule has 0 bridgehead atoms. The van der Waals surface area contributed by atoms with E-state index in [0.29, 0.717) is 0 Å². The number of anilines is 1. The van der Waals surface area contributed by atoms with Crippen molar-refractivity contribution in [3.05, 3.63) is 77.1 Å². The molecule has 6 heteroatoms. The van der Waals surface area contributed by atoms with Crippen LogP contribution in [0.4, 0.5) is 5.69 Å². The number of para-hydroxylation sites is 1. The smallest absolute Gasteiger partial charge is 0.173 e. The fourth-order valence-corrected chi connectivity index (χ4v) is 4.28. The molecule has 2 heterocycles. The zero-order chi connectivity index (χ0) is 21.1. The number of benzene rings is 2. The Labute approximate surface area is 184 Å². The molecule has 1 saturated heterocycles. The largest absolute Gasteiger partial charge is 0.346 e. The summed E-state index contributed by atoms with van der Waals surface area (Å²) in [4.78, 5) is 4.76. The van der Waals surface area contributed by atoms with E-state index in [2.05, 4.69) is 89.1 Å². The predicted octanol–water partition coefficient (Wildman–Crippen LogP) is 4.31. The van der Waals surface area contributed by atoms with Crippen molar-refractivity contribution in [2.24, 2.45) is 0 Å². The second-order valence-electron chi connectivity index (χ2n) is 7.96. The van der Waals surface area contributed by atoms with Gasteiger partial charge in [0.25, 0.3) is 0 Å². The molecule has 1 aromatic heterocycles. The minimum atomic E-state index is 0.810. The Morgan fingerprint density at radius 2 is 1.70 bits per heavy atom. The van der Waals surface area contributed by atoms with Crippen LogP contribution in [0.1, 0.15) is 22.5 Å². The van der Waals surface area contributed by atoms with Crippen LogP contribution < -0.4 is 5.32 Å². The Bertz CT molecular complexity index is 1020. The third-order valence-electron chi connectivity index (χ3n) is 5.75. The fourth-order valence-electron chi connectivity index (χ4n) is 3.98. The summed E-state index contributed by atoms with van der Waals surface area (Å²) in [6, 6.07) is 18.7. The molecule has 1 aliphatic rings. The first kappa shape index (κ1) is 20.6.